The van der Waals surface area contributed by atoms with Crippen molar-refractivity contribution >= 4 is 11.8 Å². The average molecular weight is 188 g/mol. The zero-order valence-electron chi connectivity index (χ0n) is 7.87. The Morgan fingerprint density at radius 1 is 1.42 bits per heavy atom. The van der Waals surface area contributed by atoms with Gasteiger partial charge in [0.25, 0.3) is 0 Å². The quantitative estimate of drug-likeness (QED) is 0.627. The van der Waals surface area contributed by atoms with Crippen LogP contribution < -0.4 is 0 Å². The molecular formula is C9H16O2S. The monoisotopic (exact) mass is 188 g/mol. The van der Waals surface area contributed by atoms with Crippen LogP contribution in [0.4, 0.5) is 0 Å². The fourth-order valence-corrected chi connectivity index (χ4v) is 3.32. The SMILES string of the molecule is CCC1SCC2OC(C)(C)OC21. The molecule has 0 amide bonds. The van der Waals surface area contributed by atoms with E-state index in [0.29, 0.717) is 17.5 Å². The minimum Gasteiger partial charge on any atom is -0.344 e. The molecule has 70 valence electrons. The van der Waals surface area contributed by atoms with Gasteiger partial charge in [-0.15, -0.1) is 0 Å². The van der Waals surface area contributed by atoms with Crippen molar-refractivity contribution in [3.8, 4) is 0 Å². The minimum absolute atomic E-state index is 0.343. The molecule has 0 aromatic heterocycles. The van der Waals surface area contributed by atoms with Crippen molar-refractivity contribution in [1.29, 1.82) is 0 Å². The van der Waals surface area contributed by atoms with Crippen molar-refractivity contribution < 1.29 is 9.47 Å². The van der Waals surface area contributed by atoms with Crippen LogP contribution >= 0.6 is 11.8 Å². The van der Waals surface area contributed by atoms with Crippen LogP contribution in [0.25, 0.3) is 0 Å². The molecule has 0 aromatic rings. The first-order chi connectivity index (χ1) is 5.62. The lowest BCUT2D eigenvalue weighted by molar-refractivity contribution is -0.145. The molecule has 0 aliphatic carbocycles. The Labute approximate surface area is 78.0 Å². The molecule has 12 heavy (non-hydrogen) atoms. The van der Waals surface area contributed by atoms with Gasteiger partial charge in [0.2, 0.25) is 0 Å². The van der Waals surface area contributed by atoms with Gasteiger partial charge in [0.15, 0.2) is 5.79 Å². The van der Waals surface area contributed by atoms with Gasteiger partial charge in [-0.2, -0.15) is 11.8 Å². The van der Waals surface area contributed by atoms with E-state index < -0.39 is 0 Å². The van der Waals surface area contributed by atoms with Crippen LogP contribution in [0.2, 0.25) is 0 Å². The molecule has 2 saturated heterocycles. The third-order valence-corrected chi connectivity index (χ3v) is 4.02. The molecule has 2 aliphatic rings. The first kappa shape index (κ1) is 8.85. The maximum absolute atomic E-state index is 5.83. The van der Waals surface area contributed by atoms with Gasteiger partial charge >= 0.3 is 0 Å². The Hall–Kier alpha value is 0.270. The van der Waals surface area contributed by atoms with Crippen LogP contribution in [0.15, 0.2) is 0 Å². The molecule has 3 heteroatoms. The van der Waals surface area contributed by atoms with Crippen LogP contribution in [0, 0.1) is 0 Å². The molecule has 2 heterocycles. The zero-order chi connectivity index (χ0) is 8.77. The molecule has 2 rings (SSSR count). The number of thioether (sulfide) groups is 1. The first-order valence-corrected chi connectivity index (χ1v) is 5.64. The second kappa shape index (κ2) is 2.89. The molecule has 3 unspecified atom stereocenters. The van der Waals surface area contributed by atoms with E-state index in [0.717, 1.165) is 5.75 Å². The van der Waals surface area contributed by atoms with Crippen molar-refractivity contribution in [3.63, 3.8) is 0 Å². The van der Waals surface area contributed by atoms with Crippen LogP contribution in [-0.4, -0.2) is 29.0 Å². The summed E-state index contributed by atoms with van der Waals surface area (Å²) in [5.74, 6) is 0.760. The fourth-order valence-electron chi connectivity index (χ4n) is 1.97. The molecule has 0 saturated carbocycles. The molecule has 3 atom stereocenters. The van der Waals surface area contributed by atoms with Crippen LogP contribution in [0.5, 0.6) is 0 Å². The van der Waals surface area contributed by atoms with Gasteiger partial charge in [0.05, 0.1) is 12.2 Å². The smallest absolute Gasteiger partial charge is 0.163 e. The van der Waals surface area contributed by atoms with E-state index >= 15 is 0 Å². The van der Waals surface area contributed by atoms with Crippen molar-refractivity contribution in [2.24, 2.45) is 0 Å². The standard InChI is InChI=1S/C9H16O2S/c1-4-7-8-6(5-12-7)10-9(2,3)11-8/h6-8H,4-5H2,1-3H3. The predicted octanol–water partition coefficient (Wildman–Crippen LogP) is 2.03. The maximum Gasteiger partial charge on any atom is 0.163 e. The van der Waals surface area contributed by atoms with Crippen molar-refractivity contribution in [2.75, 3.05) is 5.75 Å². The van der Waals surface area contributed by atoms with E-state index in [4.69, 9.17) is 9.47 Å². The second-order valence-electron chi connectivity index (χ2n) is 3.92. The summed E-state index contributed by atoms with van der Waals surface area (Å²) in [6.07, 6.45) is 1.87. The van der Waals surface area contributed by atoms with Gasteiger partial charge in [-0.05, 0) is 20.3 Å². The van der Waals surface area contributed by atoms with Gasteiger partial charge in [0.1, 0.15) is 0 Å². The number of hydrogen-bond donors (Lipinski definition) is 0. The Morgan fingerprint density at radius 3 is 2.83 bits per heavy atom. The summed E-state index contributed by atoms with van der Waals surface area (Å²) >= 11 is 1.99. The summed E-state index contributed by atoms with van der Waals surface area (Å²) in [6.45, 7) is 6.22. The molecule has 0 spiro atoms. The Balaban J connectivity index is 2.06. The highest BCUT2D eigenvalue weighted by atomic mass is 32.2. The lowest BCUT2D eigenvalue weighted by atomic mass is 10.1. The van der Waals surface area contributed by atoms with Crippen LogP contribution in [0.3, 0.4) is 0 Å². The fraction of sp³-hybridized carbons (Fsp3) is 1.00. The van der Waals surface area contributed by atoms with Gasteiger partial charge in [0, 0.05) is 11.0 Å². The summed E-state index contributed by atoms with van der Waals surface area (Å²) in [5.41, 5.74) is 0. The average Bonchev–Trinajstić information content (AvgIpc) is 2.42. The molecular weight excluding hydrogens is 172 g/mol. The normalized spacial score (nSPS) is 44.8. The van der Waals surface area contributed by atoms with Crippen LogP contribution in [-0.2, 0) is 9.47 Å². The summed E-state index contributed by atoms with van der Waals surface area (Å²) in [6, 6.07) is 0. The topological polar surface area (TPSA) is 18.5 Å². The molecule has 2 aliphatic heterocycles. The minimum atomic E-state index is -0.344. The molecule has 0 bridgehead atoms. The second-order valence-corrected chi connectivity index (χ2v) is 5.19. The van der Waals surface area contributed by atoms with Crippen molar-refractivity contribution in [1.82, 2.24) is 0 Å². The zero-order valence-corrected chi connectivity index (χ0v) is 8.69. The lowest BCUT2D eigenvalue weighted by Crippen LogP contribution is -2.27. The highest BCUT2D eigenvalue weighted by Gasteiger charge is 2.48. The molecule has 0 N–H and O–H groups in total. The first-order valence-electron chi connectivity index (χ1n) is 4.59. The Kier molecular flexibility index (Phi) is 2.13. The van der Waals surface area contributed by atoms with E-state index in [9.17, 15) is 0 Å². The molecule has 0 radical (unpaired) electrons. The maximum atomic E-state index is 5.83. The summed E-state index contributed by atoms with van der Waals surface area (Å²) in [5, 5.41) is 0.650. The van der Waals surface area contributed by atoms with E-state index in [-0.39, 0.29) is 5.79 Å². The Bertz CT molecular complexity index is 181. The van der Waals surface area contributed by atoms with Gasteiger partial charge in [-0.3, -0.25) is 0 Å². The van der Waals surface area contributed by atoms with Gasteiger partial charge in [-0.25, -0.2) is 0 Å². The number of fused-ring (bicyclic) bond motifs is 1. The van der Waals surface area contributed by atoms with E-state index in [1.165, 1.54) is 6.42 Å². The predicted molar refractivity (Wildman–Crippen MR) is 50.4 cm³/mol. The number of rotatable bonds is 1. The molecule has 2 fully saturated rings. The molecule has 0 aromatic carbocycles. The van der Waals surface area contributed by atoms with E-state index in [1.807, 2.05) is 25.6 Å². The highest BCUT2D eigenvalue weighted by Crippen LogP contribution is 2.42. The van der Waals surface area contributed by atoms with E-state index in [2.05, 4.69) is 6.92 Å². The van der Waals surface area contributed by atoms with Crippen molar-refractivity contribution in [3.05, 3.63) is 0 Å². The van der Waals surface area contributed by atoms with Gasteiger partial charge in [-0.1, -0.05) is 6.92 Å². The number of ether oxygens (including phenoxy) is 2. The van der Waals surface area contributed by atoms with Crippen molar-refractivity contribution in [2.45, 2.75) is 50.4 Å². The third-order valence-electron chi connectivity index (χ3n) is 2.46. The number of hydrogen-bond acceptors (Lipinski definition) is 3. The molecule has 2 nitrogen and oxygen atoms in total. The highest BCUT2D eigenvalue weighted by molar-refractivity contribution is 8.00. The third kappa shape index (κ3) is 1.38. The lowest BCUT2D eigenvalue weighted by Gasteiger charge is -2.20. The summed E-state index contributed by atoms with van der Waals surface area (Å²) < 4.78 is 11.6. The van der Waals surface area contributed by atoms with E-state index in [1.54, 1.807) is 0 Å². The van der Waals surface area contributed by atoms with Crippen LogP contribution in [0.1, 0.15) is 27.2 Å². The van der Waals surface area contributed by atoms with Gasteiger partial charge < -0.3 is 9.47 Å². The summed E-state index contributed by atoms with van der Waals surface area (Å²) in [4.78, 5) is 0. The largest absolute Gasteiger partial charge is 0.344 e. The summed E-state index contributed by atoms with van der Waals surface area (Å²) in [7, 11) is 0. The Morgan fingerprint density at radius 2 is 2.17 bits per heavy atom.